The number of aromatic nitrogens is 2. The Labute approximate surface area is 150 Å². The van der Waals surface area contributed by atoms with E-state index in [0.717, 1.165) is 24.0 Å². The molecule has 0 spiro atoms. The van der Waals surface area contributed by atoms with Gasteiger partial charge in [-0.2, -0.15) is 0 Å². The molecule has 0 radical (unpaired) electrons. The second-order valence-corrected chi connectivity index (χ2v) is 6.39. The molecule has 0 aliphatic rings. The van der Waals surface area contributed by atoms with Gasteiger partial charge in [-0.3, -0.25) is 0 Å². The van der Waals surface area contributed by atoms with Crippen molar-refractivity contribution in [2.24, 2.45) is 0 Å². The van der Waals surface area contributed by atoms with Crippen LogP contribution in [0.2, 0.25) is 0 Å². The van der Waals surface area contributed by atoms with Crippen molar-refractivity contribution in [1.29, 1.82) is 0 Å². The molecule has 1 heterocycles. The molecule has 0 bridgehead atoms. The summed E-state index contributed by atoms with van der Waals surface area (Å²) in [5.74, 6) is 1.40. The Balaban J connectivity index is 1.84. The van der Waals surface area contributed by atoms with Crippen LogP contribution in [0.4, 0.5) is 4.39 Å². The number of aryl methyl sites for hydroxylation is 1. The second kappa shape index (κ2) is 10.8. The molecule has 3 nitrogen and oxygen atoms in total. The van der Waals surface area contributed by atoms with E-state index in [4.69, 9.17) is 4.74 Å². The van der Waals surface area contributed by atoms with Gasteiger partial charge < -0.3 is 4.74 Å². The normalized spacial score (nSPS) is 12.1. The number of nitrogens with zero attached hydrogens (tertiary/aromatic N) is 2. The quantitative estimate of drug-likeness (QED) is 0.484. The van der Waals surface area contributed by atoms with Crippen molar-refractivity contribution in [3.8, 4) is 17.1 Å². The van der Waals surface area contributed by atoms with Crippen LogP contribution in [0, 0.1) is 0 Å². The fraction of sp³-hybridized carbons (Fsp3) is 0.524. The van der Waals surface area contributed by atoms with Gasteiger partial charge in [0.05, 0.1) is 19.0 Å². The molecular formula is C21H29FN2O. The van der Waals surface area contributed by atoms with Crippen molar-refractivity contribution in [3.05, 3.63) is 42.2 Å². The van der Waals surface area contributed by atoms with Crippen LogP contribution in [0.3, 0.4) is 0 Å². The first-order chi connectivity index (χ1) is 12.2. The predicted octanol–water partition coefficient (Wildman–Crippen LogP) is 5.78. The third kappa shape index (κ3) is 6.81. The van der Waals surface area contributed by atoms with Gasteiger partial charge in [-0.05, 0) is 31.2 Å². The number of alkyl halides is 1. The lowest BCUT2D eigenvalue weighted by Gasteiger charge is -2.07. The molecule has 0 N–H and O–H groups in total. The maximum absolute atomic E-state index is 13.3. The van der Waals surface area contributed by atoms with E-state index in [1.807, 2.05) is 31.2 Å². The van der Waals surface area contributed by atoms with E-state index in [-0.39, 0.29) is 0 Å². The Morgan fingerprint density at radius 1 is 1.00 bits per heavy atom. The molecule has 1 aromatic carbocycles. The maximum Gasteiger partial charge on any atom is 0.159 e. The zero-order valence-corrected chi connectivity index (χ0v) is 15.4. The minimum atomic E-state index is -0.711. The zero-order chi connectivity index (χ0) is 17.9. The highest BCUT2D eigenvalue weighted by Crippen LogP contribution is 2.19. The molecule has 0 amide bonds. The van der Waals surface area contributed by atoms with Crippen LogP contribution in [0.5, 0.6) is 5.75 Å². The first-order valence-electron chi connectivity index (χ1n) is 9.41. The van der Waals surface area contributed by atoms with Gasteiger partial charge in [-0.15, -0.1) is 0 Å². The van der Waals surface area contributed by atoms with Crippen molar-refractivity contribution in [2.75, 3.05) is 6.61 Å². The summed E-state index contributed by atoms with van der Waals surface area (Å²) in [6.45, 7) is 4.79. The molecule has 0 aliphatic carbocycles. The minimum Gasteiger partial charge on any atom is -0.490 e. The lowest BCUT2D eigenvalue weighted by atomic mass is 10.0. The smallest absolute Gasteiger partial charge is 0.159 e. The highest BCUT2D eigenvalue weighted by Gasteiger charge is 2.05. The Morgan fingerprint density at radius 3 is 2.36 bits per heavy atom. The number of ether oxygens (including phenoxy) is 1. The summed E-state index contributed by atoms with van der Waals surface area (Å²) in [6.07, 6.45) is 9.41. The molecule has 4 heteroatoms. The zero-order valence-electron chi connectivity index (χ0n) is 15.4. The molecule has 25 heavy (non-hydrogen) atoms. The van der Waals surface area contributed by atoms with E-state index in [9.17, 15) is 4.39 Å². The summed E-state index contributed by atoms with van der Waals surface area (Å²) in [6, 6.07) is 8.04. The highest BCUT2D eigenvalue weighted by atomic mass is 19.1. The van der Waals surface area contributed by atoms with Gasteiger partial charge in [-0.25, -0.2) is 14.4 Å². The number of halogens is 1. The highest BCUT2D eigenvalue weighted by molar-refractivity contribution is 5.55. The van der Waals surface area contributed by atoms with Gasteiger partial charge in [0.2, 0.25) is 0 Å². The van der Waals surface area contributed by atoms with E-state index in [2.05, 4.69) is 16.9 Å². The molecule has 136 valence electrons. The third-order valence-electron chi connectivity index (χ3n) is 4.30. The summed E-state index contributed by atoms with van der Waals surface area (Å²) < 4.78 is 19.0. The molecule has 1 unspecified atom stereocenters. The summed E-state index contributed by atoms with van der Waals surface area (Å²) in [7, 11) is 0. The monoisotopic (exact) mass is 344 g/mol. The molecule has 1 atom stereocenters. The SMILES string of the molecule is CCCCCCOc1cnc(-c2ccc(CCC(F)CC)cc2)nc1. The van der Waals surface area contributed by atoms with Gasteiger partial charge in [0.1, 0.15) is 6.17 Å². The number of hydrogen-bond acceptors (Lipinski definition) is 3. The van der Waals surface area contributed by atoms with Crippen LogP contribution in [0.1, 0.15) is 57.9 Å². The lowest BCUT2D eigenvalue weighted by molar-refractivity contribution is 0.303. The molecule has 1 aromatic heterocycles. The molecule has 0 aliphatic heterocycles. The average molecular weight is 344 g/mol. The maximum atomic E-state index is 13.3. The summed E-state index contributed by atoms with van der Waals surface area (Å²) in [5, 5.41) is 0. The van der Waals surface area contributed by atoms with E-state index in [1.54, 1.807) is 12.4 Å². The van der Waals surface area contributed by atoms with Crippen LogP contribution in [-0.4, -0.2) is 22.7 Å². The Morgan fingerprint density at radius 2 is 1.72 bits per heavy atom. The van der Waals surface area contributed by atoms with Gasteiger partial charge in [-0.1, -0.05) is 57.4 Å². The van der Waals surface area contributed by atoms with Crippen LogP contribution >= 0.6 is 0 Å². The Bertz CT molecular complexity index is 598. The van der Waals surface area contributed by atoms with Gasteiger partial charge in [0.25, 0.3) is 0 Å². The topological polar surface area (TPSA) is 35.0 Å². The number of benzene rings is 1. The van der Waals surface area contributed by atoms with Gasteiger partial charge in [0, 0.05) is 5.56 Å². The fourth-order valence-electron chi connectivity index (χ4n) is 2.61. The number of unbranched alkanes of at least 4 members (excludes halogenated alkanes) is 3. The van der Waals surface area contributed by atoms with Crippen molar-refractivity contribution < 1.29 is 9.13 Å². The largest absolute Gasteiger partial charge is 0.490 e. The molecule has 2 aromatic rings. The van der Waals surface area contributed by atoms with E-state index in [0.29, 0.717) is 31.0 Å². The predicted molar refractivity (Wildman–Crippen MR) is 101 cm³/mol. The summed E-state index contributed by atoms with van der Waals surface area (Å²) in [4.78, 5) is 8.77. The van der Waals surface area contributed by atoms with Crippen molar-refractivity contribution in [1.82, 2.24) is 9.97 Å². The van der Waals surface area contributed by atoms with Crippen molar-refractivity contribution in [3.63, 3.8) is 0 Å². The van der Waals surface area contributed by atoms with E-state index >= 15 is 0 Å². The average Bonchev–Trinajstić information content (AvgIpc) is 2.67. The molecule has 2 rings (SSSR count). The van der Waals surface area contributed by atoms with Gasteiger partial charge >= 0.3 is 0 Å². The first kappa shape index (κ1) is 19.4. The first-order valence-corrected chi connectivity index (χ1v) is 9.41. The van der Waals surface area contributed by atoms with Crippen LogP contribution in [-0.2, 0) is 6.42 Å². The van der Waals surface area contributed by atoms with Crippen LogP contribution < -0.4 is 4.74 Å². The Hall–Kier alpha value is -1.97. The van der Waals surface area contributed by atoms with Gasteiger partial charge in [0.15, 0.2) is 11.6 Å². The number of rotatable bonds is 11. The molecule has 0 fully saturated rings. The third-order valence-corrected chi connectivity index (χ3v) is 4.30. The standard InChI is InChI=1S/C21H29FN2O/c1-3-5-6-7-14-25-20-15-23-21(24-16-20)18-11-8-17(9-12-18)10-13-19(22)4-2/h8-9,11-12,15-16,19H,3-7,10,13-14H2,1-2H3. The fourth-order valence-corrected chi connectivity index (χ4v) is 2.61. The molecular weight excluding hydrogens is 315 g/mol. The summed E-state index contributed by atoms with van der Waals surface area (Å²) >= 11 is 0. The van der Waals surface area contributed by atoms with Crippen LogP contribution in [0.15, 0.2) is 36.7 Å². The molecule has 0 saturated carbocycles. The lowest BCUT2D eigenvalue weighted by Crippen LogP contribution is -2.00. The summed E-state index contributed by atoms with van der Waals surface area (Å²) in [5.41, 5.74) is 2.11. The van der Waals surface area contributed by atoms with Crippen LogP contribution in [0.25, 0.3) is 11.4 Å². The molecule has 0 saturated heterocycles. The van der Waals surface area contributed by atoms with E-state index in [1.165, 1.54) is 19.3 Å². The van der Waals surface area contributed by atoms with Crippen molar-refractivity contribution in [2.45, 2.75) is 65.0 Å². The Kier molecular flexibility index (Phi) is 8.36. The van der Waals surface area contributed by atoms with Crippen molar-refractivity contribution >= 4 is 0 Å². The minimum absolute atomic E-state index is 0.580. The van der Waals surface area contributed by atoms with E-state index < -0.39 is 6.17 Å². The number of hydrogen-bond donors (Lipinski definition) is 0. The second-order valence-electron chi connectivity index (χ2n) is 6.39.